The van der Waals surface area contributed by atoms with Crippen LogP contribution in [0.4, 0.5) is 0 Å². The molecule has 0 atom stereocenters. The van der Waals surface area contributed by atoms with Crippen molar-refractivity contribution in [1.29, 1.82) is 5.26 Å². The summed E-state index contributed by atoms with van der Waals surface area (Å²) in [6, 6.07) is 24.3. The number of methoxy groups -OCH3 is 1. The van der Waals surface area contributed by atoms with Crippen LogP contribution in [0.15, 0.2) is 78.4 Å². The second-order valence-electron chi connectivity index (χ2n) is 7.87. The van der Waals surface area contributed by atoms with Crippen LogP contribution in [-0.2, 0) is 17.6 Å². The van der Waals surface area contributed by atoms with Crippen molar-refractivity contribution >= 4 is 18.0 Å². The lowest BCUT2D eigenvalue weighted by molar-refractivity contribution is -0.117. The molecular weight excluding hydrogens is 440 g/mol. The maximum absolute atomic E-state index is 13.0. The zero-order chi connectivity index (χ0) is 25.0. The van der Waals surface area contributed by atoms with E-state index in [2.05, 4.69) is 17.4 Å². The SMILES string of the molecule is CCCNC(=O)/C(C#N)=C/c1ccc(OC(=O)c2ccccc2CCc2ccccc2)c(OC)c1. The molecule has 0 bridgehead atoms. The Morgan fingerprint density at radius 2 is 1.71 bits per heavy atom. The lowest BCUT2D eigenvalue weighted by atomic mass is 10.00. The molecule has 178 valence electrons. The van der Waals surface area contributed by atoms with Crippen LogP contribution >= 0.6 is 0 Å². The van der Waals surface area contributed by atoms with Crippen molar-refractivity contribution in [2.24, 2.45) is 0 Å². The molecule has 0 unspecified atom stereocenters. The summed E-state index contributed by atoms with van der Waals surface area (Å²) >= 11 is 0. The number of rotatable bonds is 10. The van der Waals surface area contributed by atoms with Gasteiger partial charge in [-0.3, -0.25) is 4.79 Å². The van der Waals surface area contributed by atoms with E-state index in [9.17, 15) is 14.9 Å². The number of amides is 1. The predicted octanol–water partition coefficient (Wildman–Crippen LogP) is 5.13. The van der Waals surface area contributed by atoms with Crippen LogP contribution in [0.25, 0.3) is 6.08 Å². The monoisotopic (exact) mass is 468 g/mol. The molecule has 6 nitrogen and oxygen atoms in total. The number of nitriles is 1. The van der Waals surface area contributed by atoms with Gasteiger partial charge >= 0.3 is 5.97 Å². The third kappa shape index (κ3) is 7.05. The number of benzene rings is 3. The minimum atomic E-state index is -0.480. The number of carbonyl (C=O) groups is 2. The van der Waals surface area contributed by atoms with Gasteiger partial charge in [0.2, 0.25) is 0 Å². The molecule has 3 aromatic rings. The van der Waals surface area contributed by atoms with Gasteiger partial charge in [0.25, 0.3) is 5.91 Å². The van der Waals surface area contributed by atoms with E-state index >= 15 is 0 Å². The van der Waals surface area contributed by atoms with Gasteiger partial charge in [-0.15, -0.1) is 0 Å². The molecule has 35 heavy (non-hydrogen) atoms. The summed E-state index contributed by atoms with van der Waals surface area (Å²) in [6.07, 6.45) is 3.75. The number of hydrogen-bond donors (Lipinski definition) is 1. The Hall–Kier alpha value is -4.37. The zero-order valence-corrected chi connectivity index (χ0v) is 19.9. The smallest absolute Gasteiger partial charge is 0.343 e. The van der Waals surface area contributed by atoms with Crippen LogP contribution < -0.4 is 14.8 Å². The summed E-state index contributed by atoms with van der Waals surface area (Å²) in [4.78, 5) is 25.2. The largest absolute Gasteiger partial charge is 0.493 e. The third-order valence-corrected chi connectivity index (χ3v) is 5.37. The van der Waals surface area contributed by atoms with Crippen molar-refractivity contribution in [2.75, 3.05) is 13.7 Å². The normalized spacial score (nSPS) is 10.8. The Morgan fingerprint density at radius 3 is 2.43 bits per heavy atom. The minimum Gasteiger partial charge on any atom is -0.493 e. The Balaban J connectivity index is 1.77. The minimum absolute atomic E-state index is 0.0161. The van der Waals surface area contributed by atoms with Gasteiger partial charge in [-0.25, -0.2) is 4.79 Å². The van der Waals surface area contributed by atoms with Gasteiger partial charge in [-0.05, 0) is 60.2 Å². The molecule has 0 aromatic heterocycles. The molecule has 0 saturated carbocycles. The fourth-order valence-electron chi connectivity index (χ4n) is 3.52. The summed E-state index contributed by atoms with van der Waals surface area (Å²) in [5.74, 6) is -0.343. The van der Waals surface area contributed by atoms with Crippen LogP contribution in [0, 0.1) is 11.3 Å². The molecule has 1 N–H and O–H groups in total. The van der Waals surface area contributed by atoms with Crippen molar-refractivity contribution in [1.82, 2.24) is 5.32 Å². The molecule has 0 aliphatic carbocycles. The van der Waals surface area contributed by atoms with Crippen molar-refractivity contribution in [2.45, 2.75) is 26.2 Å². The Labute approximate surface area is 205 Å². The van der Waals surface area contributed by atoms with E-state index in [1.807, 2.05) is 43.3 Å². The molecule has 0 spiro atoms. The van der Waals surface area contributed by atoms with Gasteiger partial charge in [0, 0.05) is 6.54 Å². The Kier molecular flexibility index (Phi) is 9.21. The second-order valence-corrected chi connectivity index (χ2v) is 7.87. The van der Waals surface area contributed by atoms with Crippen molar-refractivity contribution in [3.63, 3.8) is 0 Å². The number of nitrogens with zero attached hydrogens (tertiary/aromatic N) is 1. The first kappa shape index (κ1) is 25.3. The average Bonchev–Trinajstić information content (AvgIpc) is 2.90. The summed E-state index contributed by atoms with van der Waals surface area (Å²) in [5, 5.41) is 12.0. The van der Waals surface area contributed by atoms with E-state index in [4.69, 9.17) is 9.47 Å². The van der Waals surface area contributed by atoms with E-state index in [1.165, 1.54) is 18.7 Å². The first-order valence-corrected chi connectivity index (χ1v) is 11.5. The number of nitrogens with one attached hydrogen (secondary N) is 1. The molecule has 0 aliphatic heterocycles. The van der Waals surface area contributed by atoms with Crippen LogP contribution in [0.1, 0.15) is 40.4 Å². The summed E-state index contributed by atoms with van der Waals surface area (Å²) < 4.78 is 11.1. The Bertz CT molecular complexity index is 1240. The average molecular weight is 469 g/mol. The highest BCUT2D eigenvalue weighted by atomic mass is 16.6. The van der Waals surface area contributed by atoms with Gasteiger partial charge < -0.3 is 14.8 Å². The van der Waals surface area contributed by atoms with Crippen molar-refractivity contribution in [3.05, 3.63) is 101 Å². The first-order valence-electron chi connectivity index (χ1n) is 11.5. The Morgan fingerprint density at radius 1 is 0.971 bits per heavy atom. The number of hydrogen-bond acceptors (Lipinski definition) is 5. The van der Waals surface area contributed by atoms with E-state index in [0.717, 1.165) is 18.4 Å². The molecule has 0 fully saturated rings. The molecular formula is C29H28N2O4. The fourth-order valence-corrected chi connectivity index (χ4v) is 3.52. The van der Waals surface area contributed by atoms with Crippen LogP contribution in [0.2, 0.25) is 0 Å². The number of ether oxygens (including phenoxy) is 2. The standard InChI is InChI=1S/C29H28N2O4/c1-3-17-31-28(32)24(20-30)18-22-14-16-26(27(19-22)34-2)35-29(33)25-12-8-7-11-23(25)15-13-21-9-5-4-6-10-21/h4-12,14,16,18-19H,3,13,15,17H2,1-2H3,(H,31,32)/b24-18+. The van der Waals surface area contributed by atoms with Gasteiger partial charge in [0.1, 0.15) is 11.6 Å². The molecule has 3 rings (SSSR count). The van der Waals surface area contributed by atoms with Crippen LogP contribution in [0.3, 0.4) is 0 Å². The topological polar surface area (TPSA) is 88.4 Å². The van der Waals surface area contributed by atoms with E-state index < -0.39 is 11.9 Å². The van der Waals surface area contributed by atoms with Crippen LogP contribution in [-0.4, -0.2) is 25.5 Å². The quantitative estimate of drug-likeness (QED) is 0.193. The van der Waals surface area contributed by atoms with Crippen molar-refractivity contribution < 1.29 is 19.1 Å². The predicted molar refractivity (Wildman–Crippen MR) is 135 cm³/mol. The lowest BCUT2D eigenvalue weighted by Crippen LogP contribution is -2.25. The molecule has 0 saturated heterocycles. The van der Waals surface area contributed by atoms with Gasteiger partial charge in [-0.1, -0.05) is 61.5 Å². The number of aryl methyl sites for hydroxylation is 2. The molecule has 0 aliphatic rings. The maximum Gasteiger partial charge on any atom is 0.343 e. The molecule has 0 heterocycles. The molecule has 6 heteroatoms. The van der Waals surface area contributed by atoms with E-state index in [1.54, 1.807) is 30.3 Å². The fraction of sp³-hybridized carbons (Fsp3) is 0.207. The first-order chi connectivity index (χ1) is 17.0. The molecule has 1 amide bonds. The highest BCUT2D eigenvalue weighted by Crippen LogP contribution is 2.30. The second kappa shape index (κ2) is 12.8. The summed E-state index contributed by atoms with van der Waals surface area (Å²) in [7, 11) is 1.47. The highest BCUT2D eigenvalue weighted by Gasteiger charge is 2.17. The summed E-state index contributed by atoms with van der Waals surface area (Å²) in [5.41, 5.74) is 3.15. The molecule has 3 aromatic carbocycles. The molecule has 0 radical (unpaired) electrons. The van der Waals surface area contributed by atoms with Crippen LogP contribution in [0.5, 0.6) is 11.5 Å². The third-order valence-electron chi connectivity index (χ3n) is 5.37. The van der Waals surface area contributed by atoms with E-state index in [0.29, 0.717) is 29.8 Å². The van der Waals surface area contributed by atoms with Crippen molar-refractivity contribution in [3.8, 4) is 17.6 Å². The highest BCUT2D eigenvalue weighted by molar-refractivity contribution is 6.01. The maximum atomic E-state index is 13.0. The number of esters is 1. The lowest BCUT2D eigenvalue weighted by Gasteiger charge is -2.12. The van der Waals surface area contributed by atoms with E-state index in [-0.39, 0.29) is 11.3 Å². The van der Waals surface area contributed by atoms with Gasteiger partial charge in [0.05, 0.1) is 12.7 Å². The number of carbonyl (C=O) groups excluding carboxylic acids is 2. The van der Waals surface area contributed by atoms with Gasteiger partial charge in [-0.2, -0.15) is 5.26 Å². The van der Waals surface area contributed by atoms with Gasteiger partial charge in [0.15, 0.2) is 11.5 Å². The zero-order valence-electron chi connectivity index (χ0n) is 19.9. The summed E-state index contributed by atoms with van der Waals surface area (Å²) in [6.45, 7) is 2.42.